The summed E-state index contributed by atoms with van der Waals surface area (Å²) in [7, 11) is 1.76. The van der Waals surface area contributed by atoms with Crippen LogP contribution in [0.15, 0.2) is 35.8 Å². The highest BCUT2D eigenvalue weighted by Crippen LogP contribution is 2.48. The first kappa shape index (κ1) is 53.9. The van der Waals surface area contributed by atoms with E-state index in [0.29, 0.717) is 77.8 Å². The monoisotopic (exact) mass is 1100 g/mol. The summed E-state index contributed by atoms with van der Waals surface area (Å²) in [5.41, 5.74) is 10.4. The van der Waals surface area contributed by atoms with E-state index in [0.717, 1.165) is 94.5 Å². The fourth-order valence-corrected chi connectivity index (χ4v) is 15.4. The van der Waals surface area contributed by atoms with Crippen molar-refractivity contribution in [1.82, 2.24) is 40.1 Å². The number of likely N-dealkylation sites (tertiary alicyclic amines) is 2. The maximum atomic E-state index is 15.5. The molecule has 17 nitrogen and oxygen atoms in total. The van der Waals surface area contributed by atoms with Crippen LogP contribution in [0.5, 0.6) is 0 Å². The lowest BCUT2D eigenvalue weighted by Crippen LogP contribution is -2.74. The van der Waals surface area contributed by atoms with Gasteiger partial charge in [0.2, 0.25) is 5.91 Å². The SMILES string of the molecule is CO[C@@H](C)c1ncc(C2CCN(C3CC3)CC2)cc1-c1c2c3cc(ccc3n1CCO[C@H]1CCOC(C)(C)C1)-c1csc(n1)[C@@H](N1CC3(COC3)C1)[C@H](NC(=O)[C@H]1OCC1(C)C)C(=O)N1N[C@H](C(=O)OCC(C)(C)C2)C2CC1C2. The van der Waals surface area contributed by atoms with Gasteiger partial charge in [0.05, 0.1) is 74.0 Å². The third-order valence-corrected chi connectivity index (χ3v) is 20.2. The number of cyclic esters (lactones) is 1. The summed E-state index contributed by atoms with van der Waals surface area (Å²) in [5.74, 6) is -0.611. The maximum absolute atomic E-state index is 15.5. The molecule has 1 spiro atoms. The van der Waals surface area contributed by atoms with E-state index in [1.165, 1.54) is 29.7 Å². The molecule has 10 aliphatic rings. The highest BCUT2D eigenvalue weighted by molar-refractivity contribution is 7.10. The van der Waals surface area contributed by atoms with Gasteiger partial charge in [-0.25, -0.2) is 10.4 Å². The lowest BCUT2D eigenvalue weighted by atomic mass is 9.72. The Morgan fingerprint density at radius 2 is 1.75 bits per heavy atom. The third kappa shape index (κ3) is 10.2. The van der Waals surface area contributed by atoms with Gasteiger partial charge in [0.1, 0.15) is 23.2 Å². The minimum atomic E-state index is -1.04. The lowest BCUT2D eigenvalue weighted by Gasteiger charge is -2.58. The molecular weight excluding hydrogens is 1020 g/mol. The summed E-state index contributed by atoms with van der Waals surface area (Å²) >= 11 is 1.52. The molecule has 9 fully saturated rings. The predicted molar refractivity (Wildman–Crippen MR) is 299 cm³/mol. The number of benzene rings is 1. The molecule has 426 valence electrons. The largest absolute Gasteiger partial charge is 0.464 e. The standard InChI is InChI=1S/C61H82N8O9S/c1-35(73-8)48-44(24-39(27-62-48)36-13-16-66(17-14-36)40-10-11-40)51-45-26-58(2,3)31-77-57(72)49-38-21-41(22-38)69(65-49)56(71)50(64-54(70)53-59(4,5)32-76-53)52(67-29-61(30-67)33-74-34-61)55-63-46(28-79-55)37-9-12-47(43(45)23-37)68(51)18-20-75-42-15-19-78-60(6,7)25-42/h9,12,23-24,27-28,35-36,38,40-42,49-50,52-53,65H,10-11,13-22,25-26,29-34H2,1-8H3,(H,64,70)/t35-,38?,41?,42-,49-,50-,52-,53+/m0/s1. The fourth-order valence-electron chi connectivity index (χ4n) is 14.4. The van der Waals surface area contributed by atoms with Crippen molar-refractivity contribution < 1.29 is 42.8 Å². The molecule has 7 saturated heterocycles. The van der Waals surface area contributed by atoms with Crippen molar-refractivity contribution in [3.63, 3.8) is 0 Å². The van der Waals surface area contributed by atoms with Crippen molar-refractivity contribution in [2.75, 3.05) is 72.9 Å². The zero-order valence-corrected chi connectivity index (χ0v) is 48.5. The van der Waals surface area contributed by atoms with E-state index >= 15 is 4.79 Å². The number of carbonyl (C=O) groups excluding carboxylic acids is 3. The Morgan fingerprint density at radius 1 is 0.962 bits per heavy atom. The molecule has 2 aliphatic carbocycles. The van der Waals surface area contributed by atoms with Crippen molar-refractivity contribution in [2.45, 2.75) is 173 Å². The number of aromatic nitrogens is 3. The molecule has 1 aromatic carbocycles. The van der Waals surface area contributed by atoms with Gasteiger partial charge >= 0.3 is 5.97 Å². The Bertz CT molecular complexity index is 2980. The number of fused-ring (bicyclic) bond motifs is 4. The Balaban J connectivity index is 0.956. The van der Waals surface area contributed by atoms with Gasteiger partial charge in [-0.15, -0.1) is 11.3 Å². The second kappa shape index (κ2) is 20.5. The van der Waals surface area contributed by atoms with E-state index < -0.39 is 35.1 Å². The van der Waals surface area contributed by atoms with Crippen molar-refractivity contribution in [3.8, 4) is 22.5 Å². The first-order valence-corrected chi connectivity index (χ1v) is 30.4. The molecule has 11 heterocycles. The Hall–Kier alpha value is -4.37. The van der Waals surface area contributed by atoms with Crippen LogP contribution in [0.1, 0.15) is 140 Å². The summed E-state index contributed by atoms with van der Waals surface area (Å²) in [4.78, 5) is 60.4. The molecule has 0 radical (unpaired) electrons. The molecule has 8 bridgehead atoms. The first-order chi connectivity index (χ1) is 37.9. The number of nitrogens with one attached hydrogen (secondary N) is 2. The number of ether oxygens (including phenoxy) is 6. The zero-order valence-electron chi connectivity index (χ0n) is 47.6. The average Bonchev–Trinajstić information content (AvgIpc) is 4.23. The number of rotatable bonds is 12. The fraction of sp³-hybridized carbons (Fsp3) is 0.689. The number of amides is 2. The maximum Gasteiger partial charge on any atom is 0.325 e. The number of thiazole rings is 1. The molecular formula is C61H82N8O9S. The molecule has 2 amide bonds. The highest BCUT2D eigenvalue weighted by atomic mass is 32.1. The van der Waals surface area contributed by atoms with E-state index in [9.17, 15) is 9.59 Å². The summed E-state index contributed by atoms with van der Waals surface area (Å²) in [6.45, 7) is 22.0. The number of nitrogens with zero attached hydrogens (tertiary/aromatic N) is 6. The molecule has 14 rings (SSSR count). The Labute approximate surface area is 469 Å². The van der Waals surface area contributed by atoms with Gasteiger partial charge in [0, 0.05) is 102 Å². The molecule has 2 saturated carbocycles. The van der Waals surface area contributed by atoms with Crippen LogP contribution in [0, 0.1) is 22.2 Å². The van der Waals surface area contributed by atoms with Gasteiger partial charge in [-0.1, -0.05) is 33.8 Å². The number of hydrogen-bond donors (Lipinski definition) is 2. The average molecular weight is 1100 g/mol. The van der Waals surface area contributed by atoms with Crippen molar-refractivity contribution >= 4 is 40.0 Å². The van der Waals surface area contributed by atoms with Crippen LogP contribution in [0.2, 0.25) is 0 Å². The van der Waals surface area contributed by atoms with E-state index in [1.807, 2.05) is 13.8 Å². The minimum Gasteiger partial charge on any atom is -0.464 e. The van der Waals surface area contributed by atoms with Crippen molar-refractivity contribution in [2.24, 2.45) is 22.2 Å². The molecule has 6 atom stereocenters. The van der Waals surface area contributed by atoms with Gasteiger partial charge in [-0.05, 0) is 126 Å². The van der Waals surface area contributed by atoms with Gasteiger partial charge in [-0.3, -0.25) is 29.3 Å². The van der Waals surface area contributed by atoms with Gasteiger partial charge in [-0.2, -0.15) is 0 Å². The lowest BCUT2D eigenvalue weighted by molar-refractivity contribution is -0.205. The van der Waals surface area contributed by atoms with Crippen LogP contribution in [-0.2, 0) is 55.8 Å². The molecule has 0 unspecified atom stereocenters. The van der Waals surface area contributed by atoms with E-state index in [-0.39, 0.29) is 59.6 Å². The molecule has 2 N–H and O–H groups in total. The number of esters is 1. The number of pyridine rings is 1. The number of methoxy groups -OCH3 is 1. The second-order valence-corrected chi connectivity index (χ2v) is 28.0. The van der Waals surface area contributed by atoms with Gasteiger partial charge < -0.3 is 43.2 Å². The van der Waals surface area contributed by atoms with Gasteiger partial charge in [0.15, 0.2) is 0 Å². The topological polar surface area (TPSA) is 171 Å². The van der Waals surface area contributed by atoms with Crippen LogP contribution in [0.25, 0.3) is 33.4 Å². The highest BCUT2D eigenvalue weighted by Gasteiger charge is 2.58. The zero-order chi connectivity index (χ0) is 54.8. The molecule has 8 aliphatic heterocycles. The number of carbonyl (C=O) groups is 3. The van der Waals surface area contributed by atoms with Crippen LogP contribution >= 0.6 is 11.3 Å². The number of hydrogen-bond acceptors (Lipinski definition) is 15. The number of hydrazine groups is 1. The molecule has 79 heavy (non-hydrogen) atoms. The van der Waals surface area contributed by atoms with Crippen molar-refractivity contribution in [1.29, 1.82) is 0 Å². The van der Waals surface area contributed by atoms with Crippen LogP contribution < -0.4 is 10.7 Å². The quantitative estimate of drug-likeness (QED) is 0.132. The minimum absolute atomic E-state index is 0.00165. The van der Waals surface area contributed by atoms with E-state index in [2.05, 4.69) is 95.6 Å². The van der Waals surface area contributed by atoms with Crippen molar-refractivity contribution in [3.05, 3.63) is 57.7 Å². The third-order valence-electron chi connectivity index (χ3n) is 19.3. The first-order valence-electron chi connectivity index (χ1n) is 29.5. The van der Waals surface area contributed by atoms with Crippen LogP contribution in [-0.4, -0.2) is 162 Å². The van der Waals surface area contributed by atoms with E-state index in [1.54, 1.807) is 12.1 Å². The van der Waals surface area contributed by atoms with E-state index in [4.69, 9.17) is 38.4 Å². The smallest absolute Gasteiger partial charge is 0.325 e. The molecule has 18 heteroatoms. The normalized spacial score (nSPS) is 30.8. The molecule has 3 aromatic heterocycles. The second-order valence-electron chi connectivity index (χ2n) is 27.2. The molecule has 4 aromatic rings. The van der Waals surface area contributed by atoms with Crippen LogP contribution in [0.4, 0.5) is 0 Å². The Morgan fingerprint density at radius 3 is 2.43 bits per heavy atom. The Kier molecular flexibility index (Phi) is 14.0. The summed E-state index contributed by atoms with van der Waals surface area (Å²) in [5, 5.41) is 8.80. The summed E-state index contributed by atoms with van der Waals surface area (Å²) < 4.78 is 39.7. The van der Waals surface area contributed by atoms with Gasteiger partial charge in [0.25, 0.3) is 5.91 Å². The van der Waals surface area contributed by atoms with Crippen LogP contribution in [0.3, 0.4) is 0 Å². The predicted octanol–water partition coefficient (Wildman–Crippen LogP) is 7.75. The summed E-state index contributed by atoms with van der Waals surface area (Å²) in [6.07, 6.45) is 9.54. The number of piperidine rings is 1. The summed E-state index contributed by atoms with van der Waals surface area (Å²) in [6, 6.07) is 7.34.